The van der Waals surface area contributed by atoms with Crippen LogP contribution < -0.4 is 0 Å². The molecule has 0 aliphatic heterocycles. The van der Waals surface area contributed by atoms with Crippen LogP contribution >= 0.6 is 21.6 Å². The minimum atomic E-state index is 0.361. The van der Waals surface area contributed by atoms with Crippen molar-refractivity contribution in [1.29, 1.82) is 0 Å². The summed E-state index contributed by atoms with van der Waals surface area (Å²) in [6.07, 6.45) is 4.88. The fourth-order valence-corrected chi connectivity index (χ4v) is 3.24. The monoisotopic (exact) mass is 227 g/mol. The number of pyridine rings is 1. The smallest absolute Gasteiger partial charge is 0.0300 e. The lowest BCUT2D eigenvalue weighted by atomic mass is 10.2. The van der Waals surface area contributed by atoms with E-state index >= 15 is 0 Å². The summed E-state index contributed by atoms with van der Waals surface area (Å²) in [5, 5.41) is 0. The molecule has 0 N–H and O–H groups in total. The summed E-state index contributed by atoms with van der Waals surface area (Å²) in [5.41, 5.74) is 1.33. The maximum absolute atomic E-state index is 4.10. The molecule has 1 aromatic rings. The van der Waals surface area contributed by atoms with E-state index in [1.165, 1.54) is 5.56 Å². The van der Waals surface area contributed by atoms with Gasteiger partial charge in [0, 0.05) is 22.9 Å². The average molecular weight is 227 g/mol. The Morgan fingerprint density at radius 1 is 1.36 bits per heavy atom. The molecule has 0 saturated heterocycles. The van der Waals surface area contributed by atoms with Crippen LogP contribution in [0.1, 0.15) is 26.3 Å². The fraction of sp³-hybridized carbons (Fsp3) is 0.545. The average Bonchev–Trinajstić information content (AvgIpc) is 2.13. The molecule has 1 rings (SSSR count). The number of rotatable bonds is 4. The summed E-state index contributed by atoms with van der Waals surface area (Å²) in [5.74, 6) is 1.16. The van der Waals surface area contributed by atoms with Crippen LogP contribution in [0.4, 0.5) is 0 Å². The Labute approximate surface area is 94.5 Å². The van der Waals surface area contributed by atoms with Gasteiger partial charge < -0.3 is 0 Å². The van der Waals surface area contributed by atoms with Crippen LogP contribution in [0.15, 0.2) is 24.5 Å². The SMILES string of the molecule is CC(C)(C)SSCCc1cccnc1. The van der Waals surface area contributed by atoms with Crippen molar-refractivity contribution in [3.63, 3.8) is 0 Å². The first-order valence-electron chi connectivity index (χ1n) is 4.77. The van der Waals surface area contributed by atoms with Gasteiger partial charge in [0.25, 0.3) is 0 Å². The summed E-state index contributed by atoms with van der Waals surface area (Å²) >= 11 is 0. The lowest BCUT2D eigenvalue weighted by Crippen LogP contribution is -2.04. The van der Waals surface area contributed by atoms with Crippen molar-refractivity contribution in [3.05, 3.63) is 30.1 Å². The van der Waals surface area contributed by atoms with E-state index in [9.17, 15) is 0 Å². The first-order chi connectivity index (χ1) is 6.58. The molecule has 0 unspecified atom stereocenters. The molecule has 0 aromatic carbocycles. The number of aromatic nitrogens is 1. The highest BCUT2D eigenvalue weighted by atomic mass is 33.1. The van der Waals surface area contributed by atoms with Gasteiger partial charge in [-0.05, 0) is 18.1 Å². The first kappa shape index (κ1) is 11.9. The molecule has 0 amide bonds. The second-order valence-electron chi connectivity index (χ2n) is 4.13. The van der Waals surface area contributed by atoms with E-state index in [0.717, 1.165) is 12.2 Å². The third-order valence-corrected chi connectivity index (χ3v) is 4.85. The largest absolute Gasteiger partial charge is 0.264 e. The number of nitrogens with zero attached hydrogens (tertiary/aromatic N) is 1. The van der Waals surface area contributed by atoms with Crippen LogP contribution in [0, 0.1) is 0 Å². The number of hydrogen-bond acceptors (Lipinski definition) is 3. The molecular formula is C11H17NS2. The summed E-state index contributed by atoms with van der Waals surface area (Å²) in [6.45, 7) is 6.73. The molecule has 1 aromatic heterocycles. The maximum atomic E-state index is 4.10. The van der Waals surface area contributed by atoms with Crippen molar-refractivity contribution in [2.45, 2.75) is 31.9 Å². The van der Waals surface area contributed by atoms with Crippen molar-refractivity contribution in [2.24, 2.45) is 0 Å². The Morgan fingerprint density at radius 3 is 2.71 bits per heavy atom. The van der Waals surface area contributed by atoms with Crippen LogP contribution in [0.25, 0.3) is 0 Å². The van der Waals surface area contributed by atoms with Crippen LogP contribution in [-0.2, 0) is 6.42 Å². The normalized spacial score (nSPS) is 11.6. The van der Waals surface area contributed by atoms with Crippen LogP contribution in [0.5, 0.6) is 0 Å². The van der Waals surface area contributed by atoms with E-state index in [0.29, 0.717) is 4.75 Å². The zero-order valence-corrected chi connectivity index (χ0v) is 10.6. The van der Waals surface area contributed by atoms with Gasteiger partial charge in [-0.15, -0.1) is 0 Å². The Balaban J connectivity index is 2.17. The van der Waals surface area contributed by atoms with Gasteiger partial charge in [0.15, 0.2) is 0 Å². The minimum absolute atomic E-state index is 0.361. The lowest BCUT2D eigenvalue weighted by Gasteiger charge is -2.15. The number of hydrogen-bond donors (Lipinski definition) is 0. The highest BCUT2D eigenvalue weighted by Gasteiger charge is 2.10. The van der Waals surface area contributed by atoms with Gasteiger partial charge in [-0.3, -0.25) is 4.98 Å². The summed E-state index contributed by atoms with van der Waals surface area (Å²) in [4.78, 5) is 4.10. The molecule has 0 spiro atoms. The van der Waals surface area contributed by atoms with E-state index < -0.39 is 0 Å². The third kappa shape index (κ3) is 5.55. The molecule has 1 heterocycles. The molecule has 1 nitrogen and oxygen atoms in total. The highest BCUT2D eigenvalue weighted by Crippen LogP contribution is 2.35. The molecule has 3 heteroatoms. The van der Waals surface area contributed by atoms with E-state index in [-0.39, 0.29) is 0 Å². The second-order valence-corrected chi connectivity index (χ2v) is 7.37. The third-order valence-electron chi connectivity index (χ3n) is 1.51. The molecule has 0 aliphatic rings. The van der Waals surface area contributed by atoms with Gasteiger partial charge in [-0.1, -0.05) is 48.4 Å². The number of aryl methyl sites for hydroxylation is 1. The Bertz CT molecular complexity index is 254. The minimum Gasteiger partial charge on any atom is -0.264 e. The van der Waals surface area contributed by atoms with E-state index in [2.05, 4.69) is 31.8 Å². The maximum Gasteiger partial charge on any atom is 0.0300 e. The first-order valence-corrected chi connectivity index (χ1v) is 7.09. The molecule has 0 saturated carbocycles. The zero-order chi connectivity index (χ0) is 10.4. The lowest BCUT2D eigenvalue weighted by molar-refractivity contribution is 0.810. The van der Waals surface area contributed by atoms with Crippen molar-refractivity contribution in [1.82, 2.24) is 4.98 Å². The van der Waals surface area contributed by atoms with E-state index in [4.69, 9.17) is 0 Å². The van der Waals surface area contributed by atoms with Gasteiger partial charge in [0.2, 0.25) is 0 Å². The summed E-state index contributed by atoms with van der Waals surface area (Å²) in [6, 6.07) is 4.13. The highest BCUT2D eigenvalue weighted by molar-refractivity contribution is 8.77. The van der Waals surface area contributed by atoms with Gasteiger partial charge >= 0.3 is 0 Å². The van der Waals surface area contributed by atoms with Crippen LogP contribution in [0.3, 0.4) is 0 Å². The molecule has 78 valence electrons. The quantitative estimate of drug-likeness (QED) is 0.573. The second kappa shape index (κ2) is 5.66. The predicted octanol–water partition coefficient (Wildman–Crippen LogP) is 3.80. The van der Waals surface area contributed by atoms with Crippen LogP contribution in [-0.4, -0.2) is 15.5 Å². The molecule has 0 atom stereocenters. The fourth-order valence-electron chi connectivity index (χ4n) is 0.924. The Hall–Kier alpha value is -0.150. The van der Waals surface area contributed by atoms with Crippen LogP contribution in [0.2, 0.25) is 0 Å². The van der Waals surface area contributed by atoms with Gasteiger partial charge in [-0.25, -0.2) is 0 Å². The molecule has 0 fully saturated rings. The standard InChI is InChI=1S/C11H17NS2/c1-11(2,3)14-13-8-6-10-5-4-7-12-9-10/h4-5,7,9H,6,8H2,1-3H3. The van der Waals surface area contributed by atoms with Crippen molar-refractivity contribution in [3.8, 4) is 0 Å². The molecule has 14 heavy (non-hydrogen) atoms. The summed E-state index contributed by atoms with van der Waals surface area (Å²) in [7, 11) is 3.89. The van der Waals surface area contributed by atoms with Crippen molar-refractivity contribution in [2.75, 3.05) is 5.75 Å². The van der Waals surface area contributed by atoms with E-state index in [1.54, 1.807) is 0 Å². The zero-order valence-electron chi connectivity index (χ0n) is 8.99. The van der Waals surface area contributed by atoms with Crippen molar-refractivity contribution < 1.29 is 0 Å². The van der Waals surface area contributed by atoms with Crippen molar-refractivity contribution >= 4 is 21.6 Å². The summed E-state index contributed by atoms with van der Waals surface area (Å²) < 4.78 is 0.361. The topological polar surface area (TPSA) is 12.9 Å². The van der Waals surface area contributed by atoms with Gasteiger partial charge in [0.05, 0.1) is 0 Å². The van der Waals surface area contributed by atoms with Gasteiger partial charge in [0.1, 0.15) is 0 Å². The Kier molecular flexibility index (Phi) is 4.82. The van der Waals surface area contributed by atoms with Gasteiger partial charge in [-0.2, -0.15) is 0 Å². The van der Waals surface area contributed by atoms with E-state index in [1.807, 2.05) is 40.0 Å². The molecule has 0 bridgehead atoms. The molecule has 0 aliphatic carbocycles. The molecular weight excluding hydrogens is 210 g/mol. The Morgan fingerprint density at radius 2 is 2.14 bits per heavy atom. The molecule has 0 radical (unpaired) electrons. The predicted molar refractivity (Wildman–Crippen MR) is 67.7 cm³/mol.